The van der Waals surface area contributed by atoms with Crippen LogP contribution in [-0.2, 0) is 16.0 Å². The number of rotatable bonds is 6. The van der Waals surface area contributed by atoms with Gasteiger partial charge in [-0.25, -0.2) is 0 Å². The standard InChI is InChI=1S/C16H21NO3S/c1-3-16(4-2,15(19)20)10-17-14(18)13-9-11-7-5-6-8-12(11)21-13/h5-8,13H,3-4,9-10H2,1-2H3,(H,17,18)(H,19,20). The quantitative estimate of drug-likeness (QED) is 0.848. The molecule has 2 N–H and O–H groups in total. The second kappa shape index (κ2) is 6.52. The number of fused-ring (bicyclic) bond motifs is 1. The molecule has 1 aromatic rings. The fourth-order valence-corrected chi connectivity index (χ4v) is 3.80. The predicted molar refractivity (Wildman–Crippen MR) is 83.5 cm³/mol. The highest BCUT2D eigenvalue weighted by Gasteiger charge is 2.36. The zero-order valence-electron chi connectivity index (χ0n) is 12.4. The van der Waals surface area contributed by atoms with Gasteiger partial charge in [-0.15, -0.1) is 11.8 Å². The second-order valence-corrected chi connectivity index (χ2v) is 6.67. The van der Waals surface area contributed by atoms with Gasteiger partial charge < -0.3 is 10.4 Å². The van der Waals surface area contributed by atoms with Crippen LogP contribution in [-0.4, -0.2) is 28.8 Å². The molecular weight excluding hydrogens is 286 g/mol. The molecule has 0 aromatic heterocycles. The number of aliphatic carboxylic acids is 1. The molecule has 1 atom stereocenters. The molecular formula is C16H21NO3S. The summed E-state index contributed by atoms with van der Waals surface area (Å²) in [6.45, 7) is 3.90. The molecule has 1 unspecified atom stereocenters. The van der Waals surface area contributed by atoms with Crippen molar-refractivity contribution >= 4 is 23.6 Å². The van der Waals surface area contributed by atoms with Crippen LogP contribution in [0.2, 0.25) is 0 Å². The minimum absolute atomic E-state index is 0.0660. The molecule has 1 amide bonds. The third-order valence-electron chi connectivity index (χ3n) is 4.35. The molecule has 1 aliphatic heterocycles. The minimum atomic E-state index is -0.855. The van der Waals surface area contributed by atoms with Crippen LogP contribution in [0.4, 0.5) is 0 Å². The first-order valence-corrected chi connectivity index (χ1v) is 8.16. The van der Waals surface area contributed by atoms with Crippen LogP contribution in [0.5, 0.6) is 0 Å². The van der Waals surface area contributed by atoms with Crippen molar-refractivity contribution in [2.75, 3.05) is 6.54 Å². The summed E-state index contributed by atoms with van der Waals surface area (Å²) in [4.78, 5) is 24.9. The lowest BCUT2D eigenvalue weighted by molar-refractivity contribution is -0.149. The van der Waals surface area contributed by atoms with E-state index < -0.39 is 11.4 Å². The number of hydrogen-bond donors (Lipinski definition) is 2. The smallest absolute Gasteiger partial charge is 0.311 e. The van der Waals surface area contributed by atoms with Gasteiger partial charge >= 0.3 is 5.97 Å². The lowest BCUT2D eigenvalue weighted by atomic mass is 9.82. The largest absolute Gasteiger partial charge is 0.481 e. The molecule has 114 valence electrons. The van der Waals surface area contributed by atoms with Gasteiger partial charge in [0.05, 0.1) is 10.7 Å². The van der Waals surface area contributed by atoms with Crippen molar-refractivity contribution in [1.29, 1.82) is 0 Å². The van der Waals surface area contributed by atoms with Crippen LogP contribution in [0.1, 0.15) is 32.3 Å². The monoisotopic (exact) mass is 307 g/mol. The molecule has 0 spiro atoms. The highest BCUT2D eigenvalue weighted by atomic mass is 32.2. The third-order valence-corrected chi connectivity index (χ3v) is 5.67. The molecule has 0 aliphatic carbocycles. The fourth-order valence-electron chi connectivity index (χ4n) is 2.58. The van der Waals surface area contributed by atoms with Gasteiger partial charge in [0.25, 0.3) is 0 Å². The number of carboxylic acids is 1. The molecule has 1 aromatic carbocycles. The van der Waals surface area contributed by atoms with Crippen LogP contribution >= 0.6 is 11.8 Å². The average molecular weight is 307 g/mol. The van der Waals surface area contributed by atoms with Gasteiger partial charge in [-0.1, -0.05) is 32.0 Å². The molecule has 21 heavy (non-hydrogen) atoms. The Hall–Kier alpha value is -1.49. The molecule has 0 radical (unpaired) electrons. The number of amides is 1. The van der Waals surface area contributed by atoms with Gasteiger partial charge in [-0.2, -0.15) is 0 Å². The van der Waals surface area contributed by atoms with E-state index in [2.05, 4.69) is 5.32 Å². The Kier molecular flexibility index (Phi) is 4.93. The van der Waals surface area contributed by atoms with Gasteiger partial charge in [-0.05, 0) is 30.9 Å². The summed E-state index contributed by atoms with van der Waals surface area (Å²) >= 11 is 1.56. The summed E-state index contributed by atoms with van der Waals surface area (Å²) in [5.74, 6) is -0.904. The van der Waals surface area contributed by atoms with E-state index in [9.17, 15) is 14.7 Å². The molecule has 1 heterocycles. The van der Waals surface area contributed by atoms with Gasteiger partial charge in [-0.3, -0.25) is 9.59 Å². The van der Waals surface area contributed by atoms with Crippen molar-refractivity contribution in [2.24, 2.45) is 5.41 Å². The van der Waals surface area contributed by atoms with Crippen LogP contribution in [0.15, 0.2) is 29.2 Å². The van der Waals surface area contributed by atoms with E-state index in [1.807, 2.05) is 38.1 Å². The molecule has 1 aliphatic rings. The number of nitrogens with one attached hydrogen (secondary N) is 1. The molecule has 0 fully saturated rings. The average Bonchev–Trinajstić information content (AvgIpc) is 2.92. The van der Waals surface area contributed by atoms with E-state index in [0.717, 1.165) is 4.90 Å². The Morgan fingerprint density at radius 3 is 2.57 bits per heavy atom. The first-order chi connectivity index (χ1) is 10.0. The molecule has 0 saturated heterocycles. The van der Waals surface area contributed by atoms with E-state index in [1.165, 1.54) is 5.56 Å². The Balaban J connectivity index is 1.96. The van der Waals surface area contributed by atoms with Crippen LogP contribution < -0.4 is 5.32 Å². The number of thioether (sulfide) groups is 1. The minimum Gasteiger partial charge on any atom is -0.481 e. The summed E-state index contributed by atoms with van der Waals surface area (Å²) in [5.41, 5.74) is 0.337. The molecule has 0 bridgehead atoms. The number of carboxylic acid groups (broad SMARTS) is 1. The van der Waals surface area contributed by atoms with Crippen LogP contribution in [0.3, 0.4) is 0 Å². The molecule has 5 heteroatoms. The van der Waals surface area contributed by atoms with Crippen LogP contribution in [0.25, 0.3) is 0 Å². The van der Waals surface area contributed by atoms with Crippen molar-refractivity contribution in [3.8, 4) is 0 Å². The maximum Gasteiger partial charge on any atom is 0.311 e. The van der Waals surface area contributed by atoms with Crippen LogP contribution in [0, 0.1) is 5.41 Å². The van der Waals surface area contributed by atoms with Gasteiger partial charge in [0.1, 0.15) is 0 Å². The van der Waals surface area contributed by atoms with Crippen molar-refractivity contribution in [1.82, 2.24) is 5.32 Å². The highest BCUT2D eigenvalue weighted by molar-refractivity contribution is 8.01. The van der Waals surface area contributed by atoms with E-state index in [-0.39, 0.29) is 17.7 Å². The molecule has 0 saturated carbocycles. The van der Waals surface area contributed by atoms with Gasteiger partial charge in [0, 0.05) is 11.4 Å². The first-order valence-electron chi connectivity index (χ1n) is 7.28. The topological polar surface area (TPSA) is 66.4 Å². The highest BCUT2D eigenvalue weighted by Crippen LogP contribution is 2.37. The summed E-state index contributed by atoms with van der Waals surface area (Å²) in [7, 11) is 0. The maximum absolute atomic E-state index is 12.3. The fraction of sp³-hybridized carbons (Fsp3) is 0.500. The summed E-state index contributed by atoms with van der Waals surface area (Å²) in [6.07, 6.45) is 1.74. The lowest BCUT2D eigenvalue weighted by Crippen LogP contribution is -2.44. The Bertz CT molecular complexity index is 515. The summed E-state index contributed by atoms with van der Waals surface area (Å²) < 4.78 is 0. The number of benzene rings is 1. The predicted octanol–water partition coefficient (Wildman–Crippen LogP) is 2.71. The summed E-state index contributed by atoms with van der Waals surface area (Å²) in [5, 5.41) is 12.1. The zero-order valence-corrected chi connectivity index (χ0v) is 13.2. The SMILES string of the molecule is CCC(CC)(CNC(=O)C1Cc2ccccc2S1)C(=O)O. The van der Waals surface area contributed by atoms with Gasteiger partial charge in [0.2, 0.25) is 5.91 Å². The Morgan fingerprint density at radius 2 is 2.00 bits per heavy atom. The van der Waals surface area contributed by atoms with E-state index in [1.54, 1.807) is 11.8 Å². The number of carbonyl (C=O) groups excluding carboxylic acids is 1. The Labute approximate surface area is 129 Å². The van der Waals surface area contributed by atoms with E-state index >= 15 is 0 Å². The van der Waals surface area contributed by atoms with Crippen molar-refractivity contribution < 1.29 is 14.7 Å². The normalized spacial score (nSPS) is 17.3. The Morgan fingerprint density at radius 1 is 1.33 bits per heavy atom. The van der Waals surface area contributed by atoms with Crippen molar-refractivity contribution in [3.63, 3.8) is 0 Å². The summed E-state index contributed by atoms with van der Waals surface area (Å²) in [6, 6.07) is 8.00. The first kappa shape index (κ1) is 15.9. The maximum atomic E-state index is 12.3. The van der Waals surface area contributed by atoms with E-state index in [4.69, 9.17) is 0 Å². The van der Waals surface area contributed by atoms with E-state index in [0.29, 0.717) is 19.3 Å². The number of hydrogen-bond acceptors (Lipinski definition) is 3. The molecule has 4 nitrogen and oxygen atoms in total. The number of carbonyl (C=O) groups is 2. The molecule has 2 rings (SSSR count). The van der Waals surface area contributed by atoms with Gasteiger partial charge in [0.15, 0.2) is 0 Å². The second-order valence-electron chi connectivity index (χ2n) is 5.43. The zero-order chi connectivity index (χ0) is 15.5. The van der Waals surface area contributed by atoms with Crippen molar-refractivity contribution in [3.05, 3.63) is 29.8 Å². The lowest BCUT2D eigenvalue weighted by Gasteiger charge is -2.27. The third kappa shape index (κ3) is 3.23. The van der Waals surface area contributed by atoms with Crippen molar-refractivity contribution in [2.45, 2.75) is 43.3 Å².